The van der Waals surface area contributed by atoms with Crippen LogP contribution in [0.1, 0.15) is 31.1 Å². The lowest BCUT2D eigenvalue weighted by atomic mass is 10.1. The van der Waals surface area contributed by atoms with E-state index in [-0.39, 0.29) is 24.0 Å². The highest BCUT2D eigenvalue weighted by atomic mass is 16.5. The van der Waals surface area contributed by atoms with E-state index in [1.807, 2.05) is 0 Å². The van der Waals surface area contributed by atoms with Crippen LogP contribution < -0.4 is 10.6 Å². The maximum Gasteiger partial charge on any atom is 0.340 e. The molecule has 1 rings (SSSR count). The summed E-state index contributed by atoms with van der Waals surface area (Å²) < 4.78 is 4.89. The summed E-state index contributed by atoms with van der Waals surface area (Å²) in [5.41, 5.74) is 1.03. The molecular weight excluding hydrogens is 248 g/mol. The van der Waals surface area contributed by atoms with Gasteiger partial charge in [0.2, 0.25) is 11.8 Å². The van der Waals surface area contributed by atoms with Crippen LogP contribution in [0.15, 0.2) is 18.2 Å². The molecule has 6 nitrogen and oxygen atoms in total. The maximum absolute atomic E-state index is 11.7. The zero-order valence-corrected chi connectivity index (χ0v) is 11.1. The van der Waals surface area contributed by atoms with E-state index in [4.69, 9.17) is 4.74 Å². The first-order valence-electron chi connectivity index (χ1n) is 5.80. The number of hydrogen-bond donors (Lipinski definition) is 2. The van der Waals surface area contributed by atoms with Gasteiger partial charge in [0.25, 0.3) is 0 Å². The number of anilines is 2. The van der Waals surface area contributed by atoms with Crippen LogP contribution >= 0.6 is 0 Å². The van der Waals surface area contributed by atoms with Crippen molar-refractivity contribution in [2.75, 3.05) is 17.2 Å². The first-order chi connectivity index (χ1) is 8.93. The number of carbonyl (C=O) groups excluding carboxylic acids is 3. The van der Waals surface area contributed by atoms with Crippen molar-refractivity contribution in [3.8, 4) is 0 Å². The average Bonchev–Trinajstić information content (AvgIpc) is 2.27. The number of carbonyl (C=O) groups is 3. The summed E-state index contributed by atoms with van der Waals surface area (Å²) in [6.07, 6.45) is 0. The predicted octanol–water partition coefficient (Wildman–Crippen LogP) is 1.78. The van der Waals surface area contributed by atoms with E-state index in [0.29, 0.717) is 11.4 Å². The van der Waals surface area contributed by atoms with Crippen LogP contribution in [0.2, 0.25) is 0 Å². The SMILES string of the molecule is CCOC(=O)c1ccc(NC(C)=O)cc1NC(C)=O. The standard InChI is InChI=1S/C13H16N2O4/c1-4-19-13(18)11-6-5-10(14-8(2)16)7-12(11)15-9(3)17/h5-7H,4H2,1-3H3,(H,14,16)(H,15,17). The van der Waals surface area contributed by atoms with Crippen molar-refractivity contribution in [2.45, 2.75) is 20.8 Å². The van der Waals surface area contributed by atoms with E-state index in [9.17, 15) is 14.4 Å². The maximum atomic E-state index is 11.7. The lowest BCUT2D eigenvalue weighted by molar-refractivity contribution is -0.115. The van der Waals surface area contributed by atoms with Crippen LogP contribution in [-0.2, 0) is 14.3 Å². The van der Waals surface area contributed by atoms with E-state index in [2.05, 4.69) is 10.6 Å². The van der Waals surface area contributed by atoms with Gasteiger partial charge >= 0.3 is 5.97 Å². The van der Waals surface area contributed by atoms with Crippen molar-refractivity contribution in [3.63, 3.8) is 0 Å². The Morgan fingerprint density at radius 3 is 2.26 bits per heavy atom. The highest BCUT2D eigenvalue weighted by Gasteiger charge is 2.14. The molecule has 0 fully saturated rings. The highest BCUT2D eigenvalue weighted by molar-refractivity contribution is 6.02. The second-order valence-corrected chi connectivity index (χ2v) is 3.84. The predicted molar refractivity (Wildman–Crippen MR) is 71.0 cm³/mol. The summed E-state index contributed by atoms with van der Waals surface area (Å²) in [6.45, 7) is 4.64. The molecule has 0 heterocycles. The Bertz CT molecular complexity index is 511. The van der Waals surface area contributed by atoms with Gasteiger partial charge in [-0.3, -0.25) is 9.59 Å². The number of nitrogens with one attached hydrogen (secondary N) is 2. The molecule has 1 aromatic rings. The molecule has 6 heteroatoms. The molecule has 0 aliphatic carbocycles. The number of amides is 2. The normalized spacial score (nSPS) is 9.63. The zero-order chi connectivity index (χ0) is 14.4. The molecule has 2 amide bonds. The molecule has 102 valence electrons. The molecule has 0 atom stereocenters. The minimum atomic E-state index is -0.527. The summed E-state index contributed by atoms with van der Waals surface area (Å²) in [6, 6.07) is 4.57. The summed E-state index contributed by atoms with van der Waals surface area (Å²) in [4.78, 5) is 33.8. The summed E-state index contributed by atoms with van der Waals surface area (Å²) in [5.74, 6) is -1.08. The van der Waals surface area contributed by atoms with Crippen molar-refractivity contribution in [3.05, 3.63) is 23.8 Å². The Morgan fingerprint density at radius 1 is 1.11 bits per heavy atom. The molecule has 0 saturated heterocycles. The van der Waals surface area contributed by atoms with E-state index < -0.39 is 5.97 Å². The molecule has 0 bridgehead atoms. The number of esters is 1. The van der Waals surface area contributed by atoms with E-state index in [1.165, 1.54) is 26.0 Å². The molecule has 0 spiro atoms. The fourth-order valence-electron chi connectivity index (χ4n) is 1.51. The molecular formula is C13H16N2O4. The van der Waals surface area contributed by atoms with Gasteiger partial charge in [-0.15, -0.1) is 0 Å². The topological polar surface area (TPSA) is 84.5 Å². The van der Waals surface area contributed by atoms with Crippen LogP contribution in [-0.4, -0.2) is 24.4 Å². The monoisotopic (exact) mass is 264 g/mol. The lowest BCUT2D eigenvalue weighted by Crippen LogP contribution is -2.14. The van der Waals surface area contributed by atoms with Gasteiger partial charge in [-0.05, 0) is 25.1 Å². The Labute approximate surface area is 111 Å². The minimum Gasteiger partial charge on any atom is -0.462 e. The van der Waals surface area contributed by atoms with Crippen LogP contribution in [0.3, 0.4) is 0 Å². The van der Waals surface area contributed by atoms with E-state index >= 15 is 0 Å². The van der Waals surface area contributed by atoms with Crippen molar-refractivity contribution >= 4 is 29.2 Å². The molecule has 0 aromatic heterocycles. The van der Waals surface area contributed by atoms with E-state index in [1.54, 1.807) is 13.0 Å². The first-order valence-corrected chi connectivity index (χ1v) is 5.80. The van der Waals surface area contributed by atoms with Crippen molar-refractivity contribution < 1.29 is 19.1 Å². The molecule has 0 saturated carbocycles. The second-order valence-electron chi connectivity index (χ2n) is 3.84. The fraction of sp³-hybridized carbons (Fsp3) is 0.308. The third-order valence-corrected chi connectivity index (χ3v) is 2.15. The summed E-state index contributed by atoms with van der Waals surface area (Å²) >= 11 is 0. The smallest absolute Gasteiger partial charge is 0.340 e. The molecule has 0 aliphatic heterocycles. The van der Waals surface area contributed by atoms with Crippen LogP contribution in [0.4, 0.5) is 11.4 Å². The van der Waals surface area contributed by atoms with Crippen molar-refractivity contribution in [1.82, 2.24) is 0 Å². The molecule has 0 unspecified atom stereocenters. The Hall–Kier alpha value is -2.37. The van der Waals surface area contributed by atoms with Crippen LogP contribution in [0.5, 0.6) is 0 Å². The van der Waals surface area contributed by atoms with Crippen molar-refractivity contribution in [1.29, 1.82) is 0 Å². The van der Waals surface area contributed by atoms with Gasteiger partial charge in [-0.1, -0.05) is 0 Å². The summed E-state index contributed by atoms with van der Waals surface area (Å²) in [5, 5.41) is 5.11. The third kappa shape index (κ3) is 4.42. The fourth-order valence-corrected chi connectivity index (χ4v) is 1.51. The molecule has 2 N–H and O–H groups in total. The highest BCUT2D eigenvalue weighted by Crippen LogP contribution is 2.22. The quantitative estimate of drug-likeness (QED) is 0.812. The number of ether oxygens (including phenoxy) is 1. The minimum absolute atomic E-state index is 0.238. The Morgan fingerprint density at radius 2 is 1.74 bits per heavy atom. The molecule has 1 aromatic carbocycles. The van der Waals surface area contributed by atoms with Crippen LogP contribution in [0, 0.1) is 0 Å². The first kappa shape index (κ1) is 14.7. The third-order valence-electron chi connectivity index (χ3n) is 2.15. The number of rotatable bonds is 4. The van der Waals surface area contributed by atoms with Gasteiger partial charge in [-0.25, -0.2) is 4.79 Å². The van der Waals surface area contributed by atoms with Gasteiger partial charge in [0.1, 0.15) is 0 Å². The summed E-state index contributed by atoms with van der Waals surface area (Å²) in [7, 11) is 0. The van der Waals surface area contributed by atoms with E-state index in [0.717, 1.165) is 0 Å². The molecule has 0 aliphatic rings. The average molecular weight is 264 g/mol. The van der Waals surface area contributed by atoms with Gasteiger partial charge in [-0.2, -0.15) is 0 Å². The Balaban J connectivity index is 3.12. The van der Waals surface area contributed by atoms with Gasteiger partial charge in [0.15, 0.2) is 0 Å². The zero-order valence-electron chi connectivity index (χ0n) is 11.1. The number of benzene rings is 1. The van der Waals surface area contributed by atoms with Crippen molar-refractivity contribution in [2.24, 2.45) is 0 Å². The van der Waals surface area contributed by atoms with Crippen LogP contribution in [0.25, 0.3) is 0 Å². The lowest BCUT2D eigenvalue weighted by Gasteiger charge is -2.11. The van der Waals surface area contributed by atoms with Gasteiger partial charge in [0.05, 0.1) is 17.9 Å². The molecule has 19 heavy (non-hydrogen) atoms. The van der Waals surface area contributed by atoms with Gasteiger partial charge < -0.3 is 15.4 Å². The number of hydrogen-bond acceptors (Lipinski definition) is 4. The Kier molecular flexibility index (Phi) is 5.05. The second kappa shape index (κ2) is 6.53. The largest absolute Gasteiger partial charge is 0.462 e. The molecule has 0 radical (unpaired) electrons. The van der Waals surface area contributed by atoms with Gasteiger partial charge in [0, 0.05) is 19.5 Å².